The van der Waals surface area contributed by atoms with E-state index in [2.05, 4.69) is 24.1 Å². The predicted octanol–water partition coefficient (Wildman–Crippen LogP) is 3.28. The molecule has 0 atom stereocenters. The van der Waals surface area contributed by atoms with Crippen LogP contribution in [0.2, 0.25) is 0 Å². The van der Waals surface area contributed by atoms with E-state index in [0.717, 1.165) is 5.92 Å². The summed E-state index contributed by atoms with van der Waals surface area (Å²) in [4.78, 5) is 2.73. The maximum Gasteiger partial charge on any atom is 0.00501 e. The summed E-state index contributed by atoms with van der Waals surface area (Å²) in [6, 6.07) is 0. The first-order chi connectivity index (χ1) is 8.74. The van der Waals surface area contributed by atoms with Crippen LogP contribution in [0.1, 0.15) is 58.8 Å². The first kappa shape index (κ1) is 14.3. The number of nitrogens with zero attached hydrogens (tertiary/aromatic N) is 1. The van der Waals surface area contributed by atoms with Gasteiger partial charge in [-0.05, 0) is 63.1 Å². The summed E-state index contributed by atoms with van der Waals surface area (Å²) in [5, 5.41) is 3.71. The van der Waals surface area contributed by atoms with Crippen molar-refractivity contribution in [3.63, 3.8) is 0 Å². The Labute approximate surface area is 114 Å². The van der Waals surface area contributed by atoms with Crippen molar-refractivity contribution in [2.75, 3.05) is 32.7 Å². The van der Waals surface area contributed by atoms with Crippen LogP contribution in [0.4, 0.5) is 0 Å². The maximum atomic E-state index is 3.71. The third-order valence-electron chi connectivity index (χ3n) is 5.02. The molecule has 1 aliphatic heterocycles. The number of likely N-dealkylation sites (tertiary alicyclic amines) is 1. The van der Waals surface area contributed by atoms with E-state index in [1.807, 2.05) is 0 Å². The molecule has 1 saturated carbocycles. The van der Waals surface area contributed by atoms with Crippen molar-refractivity contribution >= 4 is 0 Å². The molecule has 1 aliphatic carbocycles. The normalized spacial score (nSPS) is 34.0. The van der Waals surface area contributed by atoms with Crippen LogP contribution in [0.25, 0.3) is 0 Å². The molecule has 1 saturated heterocycles. The summed E-state index contributed by atoms with van der Waals surface area (Å²) < 4.78 is 0. The Morgan fingerprint density at radius 1 is 1.17 bits per heavy atom. The SMILES string of the molecule is CCCNCC1(CN2CCCC2)CCC(C)CC1. The average Bonchev–Trinajstić information content (AvgIpc) is 2.86. The summed E-state index contributed by atoms with van der Waals surface area (Å²) >= 11 is 0. The molecule has 0 spiro atoms. The highest BCUT2D eigenvalue weighted by Crippen LogP contribution is 2.39. The number of hydrogen-bond acceptors (Lipinski definition) is 2. The van der Waals surface area contributed by atoms with Gasteiger partial charge in [-0.15, -0.1) is 0 Å². The van der Waals surface area contributed by atoms with E-state index in [1.54, 1.807) is 0 Å². The number of nitrogens with one attached hydrogen (secondary N) is 1. The van der Waals surface area contributed by atoms with Crippen LogP contribution in [-0.4, -0.2) is 37.6 Å². The van der Waals surface area contributed by atoms with Crippen molar-refractivity contribution in [1.82, 2.24) is 10.2 Å². The van der Waals surface area contributed by atoms with Gasteiger partial charge in [0.1, 0.15) is 0 Å². The third kappa shape index (κ3) is 3.96. The van der Waals surface area contributed by atoms with E-state index in [0.29, 0.717) is 5.41 Å². The first-order valence-electron chi connectivity index (χ1n) is 8.17. The van der Waals surface area contributed by atoms with Gasteiger partial charge < -0.3 is 10.2 Å². The lowest BCUT2D eigenvalue weighted by Gasteiger charge is -2.42. The maximum absolute atomic E-state index is 3.71. The molecule has 1 heterocycles. The standard InChI is InChI=1S/C16H32N2/c1-3-10-17-13-16(8-6-15(2)7-9-16)14-18-11-4-5-12-18/h15,17H,3-14H2,1-2H3. The fourth-order valence-electron chi connectivity index (χ4n) is 3.71. The summed E-state index contributed by atoms with van der Waals surface area (Å²) in [6.07, 6.45) is 9.89. The molecule has 0 unspecified atom stereocenters. The van der Waals surface area contributed by atoms with E-state index in [1.165, 1.54) is 77.7 Å². The van der Waals surface area contributed by atoms with Crippen molar-refractivity contribution in [3.05, 3.63) is 0 Å². The number of rotatable bonds is 6. The van der Waals surface area contributed by atoms with Crippen molar-refractivity contribution in [2.24, 2.45) is 11.3 Å². The smallest absolute Gasteiger partial charge is 0.00501 e. The highest BCUT2D eigenvalue weighted by atomic mass is 15.1. The summed E-state index contributed by atoms with van der Waals surface area (Å²) in [6.45, 7) is 11.2. The molecular weight excluding hydrogens is 220 g/mol. The van der Waals surface area contributed by atoms with E-state index in [-0.39, 0.29) is 0 Å². The fourth-order valence-corrected chi connectivity index (χ4v) is 3.71. The van der Waals surface area contributed by atoms with Crippen LogP contribution in [0, 0.1) is 11.3 Å². The molecule has 0 bridgehead atoms. The molecule has 106 valence electrons. The first-order valence-corrected chi connectivity index (χ1v) is 8.17. The Hall–Kier alpha value is -0.0800. The van der Waals surface area contributed by atoms with Gasteiger partial charge in [-0.2, -0.15) is 0 Å². The van der Waals surface area contributed by atoms with Gasteiger partial charge in [0.05, 0.1) is 0 Å². The van der Waals surface area contributed by atoms with Crippen LogP contribution < -0.4 is 5.32 Å². The average molecular weight is 252 g/mol. The second-order valence-electron chi connectivity index (χ2n) is 6.84. The molecule has 0 aromatic rings. The Bertz CT molecular complexity index is 225. The lowest BCUT2D eigenvalue weighted by atomic mass is 9.70. The largest absolute Gasteiger partial charge is 0.316 e. The van der Waals surface area contributed by atoms with Gasteiger partial charge in [0, 0.05) is 13.1 Å². The molecule has 2 aliphatic rings. The lowest BCUT2D eigenvalue weighted by Crippen LogP contribution is -2.45. The van der Waals surface area contributed by atoms with Gasteiger partial charge in [-0.3, -0.25) is 0 Å². The van der Waals surface area contributed by atoms with Crippen molar-refractivity contribution in [2.45, 2.75) is 58.8 Å². The summed E-state index contributed by atoms with van der Waals surface area (Å²) in [5.74, 6) is 0.961. The van der Waals surface area contributed by atoms with Gasteiger partial charge in [-0.25, -0.2) is 0 Å². The zero-order valence-corrected chi connectivity index (χ0v) is 12.5. The van der Waals surface area contributed by atoms with E-state index >= 15 is 0 Å². The van der Waals surface area contributed by atoms with Crippen LogP contribution in [0.15, 0.2) is 0 Å². The minimum atomic E-state index is 0.589. The van der Waals surface area contributed by atoms with Crippen molar-refractivity contribution in [1.29, 1.82) is 0 Å². The fraction of sp³-hybridized carbons (Fsp3) is 1.00. The van der Waals surface area contributed by atoms with Crippen LogP contribution in [-0.2, 0) is 0 Å². The van der Waals surface area contributed by atoms with Gasteiger partial charge >= 0.3 is 0 Å². The minimum absolute atomic E-state index is 0.589. The highest BCUT2D eigenvalue weighted by Gasteiger charge is 2.35. The topological polar surface area (TPSA) is 15.3 Å². The van der Waals surface area contributed by atoms with Crippen LogP contribution in [0.3, 0.4) is 0 Å². The third-order valence-corrected chi connectivity index (χ3v) is 5.02. The quantitative estimate of drug-likeness (QED) is 0.730. The molecular formula is C16H32N2. The molecule has 2 nitrogen and oxygen atoms in total. The molecule has 18 heavy (non-hydrogen) atoms. The van der Waals surface area contributed by atoms with Crippen LogP contribution in [0.5, 0.6) is 0 Å². The van der Waals surface area contributed by atoms with Gasteiger partial charge in [-0.1, -0.05) is 26.7 Å². The Balaban J connectivity index is 1.88. The highest BCUT2D eigenvalue weighted by molar-refractivity contribution is 4.90. The zero-order valence-electron chi connectivity index (χ0n) is 12.5. The Morgan fingerprint density at radius 3 is 2.44 bits per heavy atom. The van der Waals surface area contributed by atoms with E-state index < -0.39 is 0 Å². The molecule has 2 fully saturated rings. The molecule has 2 rings (SSSR count). The van der Waals surface area contributed by atoms with Crippen LogP contribution >= 0.6 is 0 Å². The molecule has 1 N–H and O–H groups in total. The van der Waals surface area contributed by atoms with Crippen molar-refractivity contribution in [3.8, 4) is 0 Å². The van der Waals surface area contributed by atoms with Gasteiger partial charge in [0.15, 0.2) is 0 Å². The second-order valence-corrected chi connectivity index (χ2v) is 6.84. The molecule has 0 aromatic heterocycles. The zero-order chi connectivity index (χ0) is 12.8. The van der Waals surface area contributed by atoms with E-state index in [9.17, 15) is 0 Å². The molecule has 0 amide bonds. The Morgan fingerprint density at radius 2 is 1.83 bits per heavy atom. The Kier molecular flexibility index (Phi) is 5.50. The molecule has 0 radical (unpaired) electrons. The lowest BCUT2D eigenvalue weighted by molar-refractivity contribution is 0.0983. The predicted molar refractivity (Wildman–Crippen MR) is 78.9 cm³/mol. The van der Waals surface area contributed by atoms with Gasteiger partial charge in [0.2, 0.25) is 0 Å². The summed E-state index contributed by atoms with van der Waals surface area (Å²) in [7, 11) is 0. The summed E-state index contributed by atoms with van der Waals surface area (Å²) in [5.41, 5.74) is 0.589. The monoisotopic (exact) mass is 252 g/mol. The minimum Gasteiger partial charge on any atom is -0.316 e. The number of hydrogen-bond donors (Lipinski definition) is 1. The van der Waals surface area contributed by atoms with Crippen molar-refractivity contribution < 1.29 is 0 Å². The van der Waals surface area contributed by atoms with Gasteiger partial charge in [0.25, 0.3) is 0 Å². The molecule has 2 heteroatoms. The second kappa shape index (κ2) is 6.91. The molecule has 0 aromatic carbocycles. The van der Waals surface area contributed by atoms with E-state index in [4.69, 9.17) is 0 Å².